The summed E-state index contributed by atoms with van der Waals surface area (Å²) >= 11 is 0. The van der Waals surface area contributed by atoms with E-state index < -0.39 is 10.0 Å². The molecular weight excluding hydrogens is 370 g/mol. The molecule has 0 aliphatic heterocycles. The fourth-order valence-electron chi connectivity index (χ4n) is 2.47. The van der Waals surface area contributed by atoms with Crippen LogP contribution in [0.15, 0.2) is 29.2 Å². The first-order chi connectivity index (χ1) is 12.7. The van der Waals surface area contributed by atoms with Gasteiger partial charge < -0.3 is 15.4 Å². The Balaban J connectivity index is 2.26. The van der Waals surface area contributed by atoms with Crippen molar-refractivity contribution in [2.24, 2.45) is 5.14 Å². The number of carbonyl (C=O) groups excluding carboxylic acids is 2. The maximum Gasteiger partial charge on any atom is 0.315 e. The molecule has 0 aromatic heterocycles. The van der Waals surface area contributed by atoms with Crippen LogP contribution in [0.5, 0.6) is 0 Å². The zero-order valence-electron chi connectivity index (χ0n) is 15.9. The van der Waals surface area contributed by atoms with Crippen molar-refractivity contribution in [1.29, 1.82) is 0 Å². The van der Waals surface area contributed by atoms with Crippen molar-refractivity contribution in [2.45, 2.75) is 56.9 Å². The number of nitrogens with one attached hydrogen (secondary N) is 2. The monoisotopic (exact) mass is 399 g/mol. The maximum atomic E-state index is 11.9. The molecule has 9 heteroatoms. The molecule has 1 aromatic rings. The average molecular weight is 400 g/mol. The molecule has 152 valence electrons. The Labute approximate surface area is 160 Å². The fourth-order valence-corrected chi connectivity index (χ4v) is 3.04. The van der Waals surface area contributed by atoms with Crippen molar-refractivity contribution in [3.05, 3.63) is 29.8 Å². The highest BCUT2D eigenvalue weighted by Crippen LogP contribution is 2.16. The van der Waals surface area contributed by atoms with E-state index in [9.17, 15) is 18.0 Å². The lowest BCUT2D eigenvalue weighted by Crippen LogP contribution is -2.37. The first-order valence-corrected chi connectivity index (χ1v) is 10.6. The van der Waals surface area contributed by atoms with E-state index in [0.717, 1.165) is 25.7 Å². The number of esters is 1. The van der Waals surface area contributed by atoms with E-state index in [1.807, 2.05) is 0 Å². The summed E-state index contributed by atoms with van der Waals surface area (Å²) < 4.78 is 27.7. The molecule has 1 unspecified atom stereocenters. The van der Waals surface area contributed by atoms with Crippen molar-refractivity contribution in [3.63, 3.8) is 0 Å². The molecule has 0 aliphatic rings. The number of sulfonamides is 1. The zero-order chi connectivity index (χ0) is 20.3. The molecule has 2 amide bonds. The summed E-state index contributed by atoms with van der Waals surface area (Å²) in [5, 5.41) is 10.6. The molecule has 27 heavy (non-hydrogen) atoms. The molecule has 0 heterocycles. The molecule has 1 atom stereocenters. The van der Waals surface area contributed by atoms with Gasteiger partial charge in [0.15, 0.2) is 0 Å². The van der Waals surface area contributed by atoms with Crippen LogP contribution in [0.25, 0.3) is 0 Å². The Kier molecular flexibility index (Phi) is 9.81. The SMILES string of the molecule is CCOC(=O)CCCCCCNC(=O)NC(C)c1cccc(S(N)(=O)=O)c1. The quantitative estimate of drug-likeness (QED) is 0.388. The van der Waals surface area contributed by atoms with Gasteiger partial charge >= 0.3 is 12.0 Å². The third-order valence-corrected chi connectivity index (χ3v) is 4.84. The van der Waals surface area contributed by atoms with Gasteiger partial charge in [0, 0.05) is 13.0 Å². The van der Waals surface area contributed by atoms with Crippen LogP contribution in [-0.4, -0.2) is 33.6 Å². The van der Waals surface area contributed by atoms with Gasteiger partial charge in [0.2, 0.25) is 10.0 Å². The number of hydrogen-bond donors (Lipinski definition) is 3. The highest BCUT2D eigenvalue weighted by molar-refractivity contribution is 7.89. The van der Waals surface area contributed by atoms with E-state index >= 15 is 0 Å². The Bertz CT molecular complexity index is 721. The van der Waals surface area contributed by atoms with Crippen molar-refractivity contribution < 1.29 is 22.7 Å². The summed E-state index contributed by atoms with van der Waals surface area (Å²) in [6, 6.07) is 5.48. The summed E-state index contributed by atoms with van der Waals surface area (Å²) in [6.45, 7) is 4.47. The van der Waals surface area contributed by atoms with E-state index in [2.05, 4.69) is 10.6 Å². The third kappa shape index (κ3) is 9.39. The fraction of sp³-hybridized carbons (Fsp3) is 0.556. The van der Waals surface area contributed by atoms with Gasteiger partial charge in [-0.3, -0.25) is 4.79 Å². The molecule has 8 nitrogen and oxygen atoms in total. The van der Waals surface area contributed by atoms with E-state index in [-0.39, 0.29) is 22.9 Å². The second-order valence-corrected chi connectivity index (χ2v) is 7.77. The van der Waals surface area contributed by atoms with Crippen LogP contribution in [0, 0.1) is 0 Å². The number of carbonyl (C=O) groups is 2. The minimum absolute atomic E-state index is 0.0110. The van der Waals surface area contributed by atoms with Gasteiger partial charge in [-0.2, -0.15) is 0 Å². The van der Waals surface area contributed by atoms with E-state index in [1.165, 1.54) is 12.1 Å². The lowest BCUT2D eigenvalue weighted by molar-refractivity contribution is -0.143. The zero-order valence-corrected chi connectivity index (χ0v) is 16.7. The molecule has 0 aliphatic carbocycles. The molecule has 0 fully saturated rings. The highest BCUT2D eigenvalue weighted by atomic mass is 32.2. The second kappa shape index (κ2) is 11.6. The average Bonchev–Trinajstić information content (AvgIpc) is 2.60. The number of hydrogen-bond acceptors (Lipinski definition) is 5. The first-order valence-electron chi connectivity index (χ1n) is 9.06. The van der Waals surface area contributed by atoms with Crippen LogP contribution in [0.3, 0.4) is 0 Å². The van der Waals surface area contributed by atoms with Gasteiger partial charge in [-0.15, -0.1) is 0 Å². The van der Waals surface area contributed by atoms with E-state index in [1.54, 1.807) is 26.0 Å². The second-order valence-electron chi connectivity index (χ2n) is 6.21. The summed E-state index contributed by atoms with van der Waals surface area (Å²) in [6.07, 6.45) is 3.83. The smallest absolute Gasteiger partial charge is 0.315 e. The lowest BCUT2D eigenvalue weighted by atomic mass is 10.1. The lowest BCUT2D eigenvalue weighted by Gasteiger charge is -2.15. The van der Waals surface area contributed by atoms with Crippen molar-refractivity contribution in [1.82, 2.24) is 10.6 Å². The number of amides is 2. The number of urea groups is 1. The summed E-state index contributed by atoms with van der Waals surface area (Å²) in [4.78, 5) is 23.1. The Morgan fingerprint density at radius 3 is 2.56 bits per heavy atom. The van der Waals surface area contributed by atoms with Crippen LogP contribution < -0.4 is 15.8 Å². The first kappa shape index (κ1) is 22.9. The molecule has 0 saturated heterocycles. The van der Waals surface area contributed by atoms with Crippen LogP contribution in [0.1, 0.15) is 57.6 Å². The predicted molar refractivity (Wildman–Crippen MR) is 102 cm³/mol. The van der Waals surface area contributed by atoms with Crippen molar-refractivity contribution in [3.8, 4) is 0 Å². The molecule has 0 radical (unpaired) electrons. The summed E-state index contributed by atoms with van der Waals surface area (Å²) in [5.74, 6) is -0.171. The Morgan fingerprint density at radius 1 is 1.19 bits per heavy atom. The summed E-state index contributed by atoms with van der Waals surface area (Å²) in [7, 11) is -3.78. The third-order valence-electron chi connectivity index (χ3n) is 3.93. The van der Waals surface area contributed by atoms with Crippen LogP contribution in [-0.2, 0) is 19.6 Å². The molecule has 1 rings (SSSR count). The van der Waals surface area contributed by atoms with E-state index in [0.29, 0.717) is 25.1 Å². The molecule has 0 bridgehead atoms. The number of unbranched alkanes of at least 4 members (excludes halogenated alkanes) is 3. The standard InChI is InChI=1S/C18H29N3O5S/c1-3-26-17(22)11-6-4-5-7-12-20-18(23)21-14(2)15-9-8-10-16(13-15)27(19,24)25/h8-10,13-14H,3-7,11-12H2,1-2H3,(H2,19,24,25)(H2,20,21,23). The number of benzene rings is 1. The van der Waals surface area contributed by atoms with Crippen molar-refractivity contribution >= 4 is 22.0 Å². The number of rotatable bonds is 11. The van der Waals surface area contributed by atoms with Gasteiger partial charge in [0.1, 0.15) is 0 Å². The van der Waals surface area contributed by atoms with Crippen LogP contribution >= 0.6 is 0 Å². The van der Waals surface area contributed by atoms with Gasteiger partial charge in [-0.05, 0) is 44.4 Å². The number of nitrogens with two attached hydrogens (primary N) is 1. The van der Waals surface area contributed by atoms with Gasteiger partial charge in [0.25, 0.3) is 0 Å². The number of ether oxygens (including phenoxy) is 1. The largest absolute Gasteiger partial charge is 0.466 e. The van der Waals surface area contributed by atoms with Crippen LogP contribution in [0.4, 0.5) is 4.79 Å². The van der Waals surface area contributed by atoms with Crippen LogP contribution in [0.2, 0.25) is 0 Å². The Hall–Kier alpha value is -2.13. The predicted octanol–water partition coefficient (Wildman–Crippen LogP) is 2.21. The topological polar surface area (TPSA) is 128 Å². The Morgan fingerprint density at radius 2 is 1.89 bits per heavy atom. The molecule has 4 N–H and O–H groups in total. The molecule has 1 aromatic carbocycles. The van der Waals surface area contributed by atoms with Gasteiger partial charge in [-0.25, -0.2) is 18.4 Å². The highest BCUT2D eigenvalue weighted by Gasteiger charge is 2.13. The summed E-state index contributed by atoms with van der Waals surface area (Å²) in [5.41, 5.74) is 0.649. The maximum absolute atomic E-state index is 11.9. The van der Waals surface area contributed by atoms with Gasteiger partial charge in [-0.1, -0.05) is 25.0 Å². The minimum Gasteiger partial charge on any atom is -0.466 e. The van der Waals surface area contributed by atoms with E-state index in [4.69, 9.17) is 9.88 Å². The molecule has 0 saturated carbocycles. The minimum atomic E-state index is -3.78. The molecule has 0 spiro atoms. The number of primary sulfonamides is 1. The van der Waals surface area contributed by atoms with Crippen molar-refractivity contribution in [2.75, 3.05) is 13.2 Å². The van der Waals surface area contributed by atoms with Gasteiger partial charge in [0.05, 0.1) is 17.5 Å². The molecular formula is C18H29N3O5S. The normalized spacial score (nSPS) is 12.3.